The van der Waals surface area contributed by atoms with Crippen LogP contribution in [0.1, 0.15) is 12.0 Å². The van der Waals surface area contributed by atoms with E-state index in [0.29, 0.717) is 25.0 Å². The number of halogens is 3. The Bertz CT molecular complexity index is 392. The maximum absolute atomic E-state index is 12.6. The summed E-state index contributed by atoms with van der Waals surface area (Å²) in [6, 6.07) is 5.28. The first-order valence-corrected chi connectivity index (χ1v) is 5.51. The molecule has 2 N–H and O–H groups in total. The van der Waals surface area contributed by atoms with Gasteiger partial charge in [0.25, 0.3) is 0 Å². The minimum absolute atomic E-state index is 0.0947. The average Bonchev–Trinajstić information content (AvgIpc) is 3.04. The zero-order valence-corrected chi connectivity index (χ0v) is 9.20. The summed E-state index contributed by atoms with van der Waals surface area (Å²) in [4.78, 5) is 0. The first-order chi connectivity index (χ1) is 8.02. The van der Waals surface area contributed by atoms with Gasteiger partial charge in [0.15, 0.2) is 0 Å². The van der Waals surface area contributed by atoms with Crippen LogP contribution in [0.4, 0.5) is 13.2 Å². The number of rotatable bonds is 4. The van der Waals surface area contributed by atoms with Gasteiger partial charge in [-0.05, 0) is 36.9 Å². The molecule has 2 nitrogen and oxygen atoms in total. The Kier molecular flexibility index (Phi) is 3.28. The highest BCUT2D eigenvalue weighted by molar-refractivity contribution is 5.35. The fourth-order valence-electron chi connectivity index (χ4n) is 1.83. The van der Waals surface area contributed by atoms with E-state index in [1.807, 2.05) is 0 Å². The second-order valence-corrected chi connectivity index (χ2v) is 4.30. The molecule has 17 heavy (non-hydrogen) atoms. The van der Waals surface area contributed by atoms with Crippen molar-refractivity contribution in [3.8, 4) is 5.75 Å². The summed E-state index contributed by atoms with van der Waals surface area (Å²) >= 11 is 0. The van der Waals surface area contributed by atoms with E-state index in [2.05, 4.69) is 0 Å². The van der Waals surface area contributed by atoms with E-state index in [0.717, 1.165) is 12.5 Å². The summed E-state index contributed by atoms with van der Waals surface area (Å²) in [6.07, 6.45) is -3.42. The zero-order chi connectivity index (χ0) is 12.5. The highest BCUT2D eigenvalue weighted by Gasteiger charge is 2.38. The topological polar surface area (TPSA) is 35.2 Å². The van der Waals surface area contributed by atoms with Crippen LogP contribution in [0, 0.1) is 11.8 Å². The summed E-state index contributed by atoms with van der Waals surface area (Å²) in [5.41, 5.74) is 4.74. The van der Waals surface area contributed by atoms with Crippen molar-refractivity contribution in [2.45, 2.75) is 12.6 Å². The molecule has 0 spiro atoms. The third kappa shape index (κ3) is 2.91. The van der Waals surface area contributed by atoms with Gasteiger partial charge in [0, 0.05) is 0 Å². The second-order valence-electron chi connectivity index (χ2n) is 4.30. The number of hydrogen-bond acceptors (Lipinski definition) is 2. The molecule has 2 unspecified atom stereocenters. The standard InChI is InChI=1S/C12H14F3NO/c13-12(14,15)10-3-1-2-4-11(10)17-7-9-5-8(9)6-16/h1-4,8-9H,5-7,16H2. The van der Waals surface area contributed by atoms with Crippen molar-refractivity contribution in [3.63, 3.8) is 0 Å². The van der Waals surface area contributed by atoms with E-state index in [1.54, 1.807) is 0 Å². The molecule has 1 aliphatic rings. The quantitative estimate of drug-likeness (QED) is 0.885. The highest BCUT2D eigenvalue weighted by Crippen LogP contribution is 2.40. The van der Waals surface area contributed by atoms with Crippen molar-refractivity contribution < 1.29 is 17.9 Å². The van der Waals surface area contributed by atoms with Crippen LogP contribution in [-0.2, 0) is 6.18 Å². The van der Waals surface area contributed by atoms with Gasteiger partial charge in [-0.15, -0.1) is 0 Å². The molecule has 0 bridgehead atoms. The fraction of sp³-hybridized carbons (Fsp3) is 0.500. The Hall–Kier alpha value is -1.23. The molecule has 1 saturated carbocycles. The van der Waals surface area contributed by atoms with Crippen molar-refractivity contribution in [3.05, 3.63) is 29.8 Å². The Morgan fingerprint density at radius 2 is 1.94 bits per heavy atom. The molecular weight excluding hydrogens is 231 g/mol. The molecule has 1 aromatic carbocycles. The molecule has 0 saturated heterocycles. The third-order valence-corrected chi connectivity index (χ3v) is 3.02. The Morgan fingerprint density at radius 1 is 1.24 bits per heavy atom. The molecule has 2 rings (SSSR count). The van der Waals surface area contributed by atoms with Crippen LogP contribution in [0.15, 0.2) is 24.3 Å². The number of alkyl halides is 3. The Morgan fingerprint density at radius 3 is 2.53 bits per heavy atom. The summed E-state index contributed by atoms with van der Waals surface area (Å²) < 4.78 is 43.1. The molecule has 1 aliphatic carbocycles. The van der Waals surface area contributed by atoms with Crippen LogP contribution in [0.3, 0.4) is 0 Å². The molecule has 2 atom stereocenters. The van der Waals surface area contributed by atoms with Gasteiger partial charge in [0.1, 0.15) is 5.75 Å². The van der Waals surface area contributed by atoms with Crippen LogP contribution in [0.5, 0.6) is 5.75 Å². The lowest BCUT2D eigenvalue weighted by atomic mass is 10.2. The van der Waals surface area contributed by atoms with Crippen molar-refractivity contribution in [2.24, 2.45) is 17.6 Å². The molecule has 1 aromatic rings. The number of benzene rings is 1. The predicted octanol–water partition coefficient (Wildman–Crippen LogP) is 2.68. The molecule has 0 amide bonds. The number of nitrogens with two attached hydrogens (primary N) is 1. The van der Waals surface area contributed by atoms with Gasteiger partial charge in [-0.2, -0.15) is 13.2 Å². The predicted molar refractivity (Wildman–Crippen MR) is 57.6 cm³/mol. The van der Waals surface area contributed by atoms with Gasteiger partial charge in [-0.1, -0.05) is 12.1 Å². The largest absolute Gasteiger partial charge is 0.493 e. The van der Waals surface area contributed by atoms with Gasteiger partial charge >= 0.3 is 6.18 Å². The minimum Gasteiger partial charge on any atom is -0.493 e. The van der Waals surface area contributed by atoms with Crippen LogP contribution < -0.4 is 10.5 Å². The number of ether oxygens (including phenoxy) is 1. The molecule has 0 heterocycles. The molecule has 5 heteroatoms. The summed E-state index contributed by atoms with van der Waals surface area (Å²) in [6.45, 7) is 0.893. The molecule has 0 radical (unpaired) electrons. The maximum atomic E-state index is 12.6. The average molecular weight is 245 g/mol. The maximum Gasteiger partial charge on any atom is 0.419 e. The van der Waals surface area contributed by atoms with Crippen molar-refractivity contribution in [1.82, 2.24) is 0 Å². The van der Waals surface area contributed by atoms with E-state index in [9.17, 15) is 13.2 Å². The van der Waals surface area contributed by atoms with Crippen LogP contribution in [0.2, 0.25) is 0 Å². The number of para-hydroxylation sites is 1. The van der Waals surface area contributed by atoms with Crippen LogP contribution in [0.25, 0.3) is 0 Å². The lowest BCUT2D eigenvalue weighted by Crippen LogP contribution is -2.11. The van der Waals surface area contributed by atoms with Crippen molar-refractivity contribution in [1.29, 1.82) is 0 Å². The zero-order valence-electron chi connectivity index (χ0n) is 9.20. The van der Waals surface area contributed by atoms with Crippen LogP contribution >= 0.6 is 0 Å². The van der Waals surface area contributed by atoms with Gasteiger partial charge in [0.2, 0.25) is 0 Å². The lowest BCUT2D eigenvalue weighted by Gasteiger charge is -2.13. The van der Waals surface area contributed by atoms with Crippen LogP contribution in [-0.4, -0.2) is 13.2 Å². The Labute approximate surface area is 97.6 Å². The van der Waals surface area contributed by atoms with Gasteiger partial charge in [0.05, 0.1) is 12.2 Å². The summed E-state index contributed by atoms with van der Waals surface area (Å²) in [5.74, 6) is 0.622. The monoisotopic (exact) mass is 245 g/mol. The first-order valence-electron chi connectivity index (χ1n) is 5.51. The number of hydrogen-bond donors (Lipinski definition) is 1. The van der Waals surface area contributed by atoms with Gasteiger partial charge in [-0.25, -0.2) is 0 Å². The SMILES string of the molecule is NCC1CC1COc1ccccc1C(F)(F)F. The first kappa shape index (κ1) is 12.2. The van der Waals surface area contributed by atoms with E-state index in [1.165, 1.54) is 18.2 Å². The van der Waals surface area contributed by atoms with Gasteiger partial charge < -0.3 is 10.5 Å². The smallest absolute Gasteiger partial charge is 0.419 e. The fourth-order valence-corrected chi connectivity index (χ4v) is 1.83. The minimum atomic E-state index is -4.37. The van der Waals surface area contributed by atoms with E-state index in [4.69, 9.17) is 10.5 Å². The van der Waals surface area contributed by atoms with E-state index in [-0.39, 0.29) is 5.75 Å². The Balaban J connectivity index is 2.01. The summed E-state index contributed by atoms with van der Waals surface area (Å²) in [7, 11) is 0. The molecule has 1 fully saturated rings. The van der Waals surface area contributed by atoms with E-state index < -0.39 is 11.7 Å². The third-order valence-electron chi connectivity index (χ3n) is 3.02. The normalized spacial score (nSPS) is 23.5. The second kappa shape index (κ2) is 4.56. The summed E-state index contributed by atoms with van der Waals surface area (Å²) in [5, 5.41) is 0. The molecule has 94 valence electrons. The molecular formula is C12H14F3NO. The van der Waals surface area contributed by atoms with E-state index >= 15 is 0 Å². The van der Waals surface area contributed by atoms with Gasteiger partial charge in [-0.3, -0.25) is 0 Å². The van der Waals surface area contributed by atoms with Crippen molar-refractivity contribution in [2.75, 3.05) is 13.2 Å². The lowest BCUT2D eigenvalue weighted by molar-refractivity contribution is -0.139. The van der Waals surface area contributed by atoms with Crippen molar-refractivity contribution >= 4 is 0 Å². The molecule has 0 aromatic heterocycles. The highest BCUT2D eigenvalue weighted by atomic mass is 19.4. The molecule has 0 aliphatic heterocycles.